The van der Waals surface area contributed by atoms with Crippen molar-refractivity contribution in [3.8, 4) is 0 Å². The van der Waals surface area contributed by atoms with E-state index in [1.165, 1.54) is 5.56 Å². The Morgan fingerprint density at radius 3 is 2.71 bits per heavy atom. The van der Waals surface area contributed by atoms with Crippen LogP contribution >= 0.6 is 0 Å². The zero-order chi connectivity index (χ0) is 12.3. The van der Waals surface area contributed by atoms with E-state index in [0.717, 1.165) is 12.8 Å². The van der Waals surface area contributed by atoms with E-state index in [2.05, 4.69) is 17.4 Å². The molecule has 1 amide bonds. The molecule has 1 aliphatic carbocycles. The van der Waals surface area contributed by atoms with Gasteiger partial charge in [-0.05, 0) is 25.3 Å². The second-order valence-corrected chi connectivity index (χ2v) is 4.92. The van der Waals surface area contributed by atoms with Crippen molar-refractivity contribution in [1.29, 1.82) is 0 Å². The fourth-order valence-electron chi connectivity index (χ4n) is 2.28. The van der Waals surface area contributed by atoms with Gasteiger partial charge < -0.3 is 10.1 Å². The molecule has 0 bridgehead atoms. The molecule has 0 radical (unpaired) electrons. The molecule has 1 aromatic rings. The van der Waals surface area contributed by atoms with Crippen LogP contribution in [-0.2, 0) is 16.1 Å². The summed E-state index contributed by atoms with van der Waals surface area (Å²) >= 11 is 0. The number of rotatable bonds is 4. The highest BCUT2D eigenvalue weighted by molar-refractivity contribution is 5.74. The Bertz CT molecular complexity index is 390. The average molecular weight is 233 g/mol. The third-order valence-corrected chi connectivity index (χ3v) is 3.39. The molecule has 92 valence electrons. The maximum Gasteiger partial charge on any atom is 0.217 e. The molecule has 0 heterocycles. The van der Waals surface area contributed by atoms with Crippen LogP contribution in [0.4, 0.5) is 0 Å². The molecule has 3 heteroatoms. The Balaban J connectivity index is 1.86. The maximum atomic E-state index is 11.1. The largest absolute Gasteiger partial charge is 0.371 e. The van der Waals surface area contributed by atoms with Crippen molar-refractivity contribution in [2.45, 2.75) is 44.9 Å². The summed E-state index contributed by atoms with van der Waals surface area (Å²) in [6, 6.07) is 10.1. The summed E-state index contributed by atoms with van der Waals surface area (Å²) in [5, 5.41) is 2.98. The lowest BCUT2D eigenvalue weighted by Crippen LogP contribution is -2.61. The van der Waals surface area contributed by atoms with Crippen LogP contribution in [-0.4, -0.2) is 17.6 Å². The summed E-state index contributed by atoms with van der Waals surface area (Å²) in [6.07, 6.45) is 2.14. The molecule has 0 aliphatic heterocycles. The van der Waals surface area contributed by atoms with Crippen LogP contribution in [0.5, 0.6) is 0 Å². The van der Waals surface area contributed by atoms with E-state index in [1.54, 1.807) is 6.92 Å². The van der Waals surface area contributed by atoms with Crippen LogP contribution in [0.15, 0.2) is 30.3 Å². The van der Waals surface area contributed by atoms with Crippen LogP contribution < -0.4 is 5.32 Å². The number of nitrogens with one attached hydrogen (secondary N) is 1. The lowest BCUT2D eigenvalue weighted by molar-refractivity contribution is -0.129. The summed E-state index contributed by atoms with van der Waals surface area (Å²) in [6.45, 7) is 4.21. The molecule has 1 N–H and O–H groups in total. The summed E-state index contributed by atoms with van der Waals surface area (Å²) < 4.78 is 5.87. The highest BCUT2D eigenvalue weighted by Gasteiger charge is 2.44. The normalized spacial score (nSPS) is 27.3. The van der Waals surface area contributed by atoms with Crippen LogP contribution in [0.25, 0.3) is 0 Å². The molecule has 1 saturated carbocycles. The second-order valence-electron chi connectivity index (χ2n) is 4.92. The highest BCUT2D eigenvalue weighted by Crippen LogP contribution is 2.35. The summed E-state index contributed by atoms with van der Waals surface area (Å²) in [5.74, 6) is 0.0144. The van der Waals surface area contributed by atoms with Gasteiger partial charge in [-0.2, -0.15) is 0 Å². The molecule has 1 aromatic carbocycles. The number of carbonyl (C=O) groups excluding carboxylic acids is 1. The minimum atomic E-state index is -0.180. The zero-order valence-electron chi connectivity index (χ0n) is 10.4. The summed E-state index contributed by atoms with van der Waals surface area (Å²) in [7, 11) is 0. The molecule has 3 nitrogen and oxygen atoms in total. The van der Waals surface area contributed by atoms with Crippen molar-refractivity contribution < 1.29 is 9.53 Å². The predicted octanol–water partition coefficient (Wildman–Crippen LogP) is 2.26. The smallest absolute Gasteiger partial charge is 0.217 e. The number of hydrogen-bond acceptors (Lipinski definition) is 2. The quantitative estimate of drug-likeness (QED) is 0.866. The molecule has 1 unspecified atom stereocenters. The Labute approximate surface area is 102 Å². The van der Waals surface area contributed by atoms with Crippen molar-refractivity contribution >= 4 is 5.91 Å². The molecule has 0 aromatic heterocycles. The average Bonchev–Trinajstić information content (AvgIpc) is 2.28. The van der Waals surface area contributed by atoms with Gasteiger partial charge in [0.05, 0.1) is 18.2 Å². The van der Waals surface area contributed by atoms with E-state index < -0.39 is 0 Å². The van der Waals surface area contributed by atoms with Gasteiger partial charge >= 0.3 is 0 Å². The fourth-order valence-corrected chi connectivity index (χ4v) is 2.28. The standard InChI is InChI=1S/C14H19NO2/c1-11(16)15-14(2)9-8-13(14)17-10-12-6-4-3-5-7-12/h3-7,13H,8-10H2,1-2H3,(H,15,16)/t13?,14-/m0/s1. The number of amides is 1. The molecule has 2 atom stereocenters. The minimum absolute atomic E-state index is 0.0144. The molecule has 1 fully saturated rings. The molecule has 17 heavy (non-hydrogen) atoms. The lowest BCUT2D eigenvalue weighted by atomic mass is 9.75. The summed E-state index contributed by atoms with van der Waals surface area (Å²) in [5.41, 5.74) is 0.991. The fraction of sp³-hybridized carbons (Fsp3) is 0.500. The van der Waals surface area contributed by atoms with Gasteiger partial charge in [-0.3, -0.25) is 4.79 Å². The van der Waals surface area contributed by atoms with E-state index in [4.69, 9.17) is 4.74 Å². The van der Waals surface area contributed by atoms with Gasteiger partial charge in [0.25, 0.3) is 0 Å². The van der Waals surface area contributed by atoms with Crippen LogP contribution in [0.2, 0.25) is 0 Å². The van der Waals surface area contributed by atoms with Crippen molar-refractivity contribution in [1.82, 2.24) is 5.32 Å². The topological polar surface area (TPSA) is 38.3 Å². The number of hydrogen-bond donors (Lipinski definition) is 1. The Kier molecular flexibility index (Phi) is 3.48. The number of carbonyl (C=O) groups is 1. The molecule has 0 spiro atoms. The van der Waals surface area contributed by atoms with Crippen molar-refractivity contribution in [2.24, 2.45) is 0 Å². The molecule has 1 aliphatic rings. The van der Waals surface area contributed by atoms with Gasteiger partial charge in [-0.25, -0.2) is 0 Å². The highest BCUT2D eigenvalue weighted by atomic mass is 16.5. The molecular formula is C14H19NO2. The Morgan fingerprint density at radius 2 is 2.18 bits per heavy atom. The van der Waals surface area contributed by atoms with Gasteiger partial charge in [0.15, 0.2) is 0 Å². The van der Waals surface area contributed by atoms with E-state index in [1.807, 2.05) is 25.1 Å². The lowest BCUT2D eigenvalue weighted by Gasteiger charge is -2.46. The van der Waals surface area contributed by atoms with E-state index in [-0.39, 0.29) is 17.6 Å². The van der Waals surface area contributed by atoms with Crippen molar-refractivity contribution in [2.75, 3.05) is 0 Å². The van der Waals surface area contributed by atoms with Gasteiger partial charge in [-0.1, -0.05) is 30.3 Å². The zero-order valence-corrected chi connectivity index (χ0v) is 10.4. The van der Waals surface area contributed by atoms with Gasteiger partial charge in [0.1, 0.15) is 0 Å². The Hall–Kier alpha value is -1.35. The minimum Gasteiger partial charge on any atom is -0.371 e. The van der Waals surface area contributed by atoms with Crippen molar-refractivity contribution in [3.63, 3.8) is 0 Å². The van der Waals surface area contributed by atoms with E-state index >= 15 is 0 Å². The van der Waals surface area contributed by atoms with Crippen molar-refractivity contribution in [3.05, 3.63) is 35.9 Å². The Morgan fingerprint density at radius 1 is 1.47 bits per heavy atom. The van der Waals surface area contributed by atoms with Gasteiger partial charge in [0.2, 0.25) is 5.91 Å². The second kappa shape index (κ2) is 4.88. The molecular weight excluding hydrogens is 214 g/mol. The molecule has 2 rings (SSSR count). The van der Waals surface area contributed by atoms with Crippen LogP contribution in [0.1, 0.15) is 32.3 Å². The molecule has 0 saturated heterocycles. The first-order valence-electron chi connectivity index (χ1n) is 6.04. The van der Waals surface area contributed by atoms with Gasteiger partial charge in [0, 0.05) is 6.92 Å². The SMILES string of the molecule is CC(=O)N[C@@]1(C)CCC1OCc1ccccc1. The third-order valence-electron chi connectivity index (χ3n) is 3.39. The van der Waals surface area contributed by atoms with E-state index in [0.29, 0.717) is 6.61 Å². The van der Waals surface area contributed by atoms with E-state index in [9.17, 15) is 4.79 Å². The predicted molar refractivity (Wildman–Crippen MR) is 66.5 cm³/mol. The third kappa shape index (κ3) is 2.86. The first-order valence-corrected chi connectivity index (χ1v) is 6.04. The number of benzene rings is 1. The number of ether oxygens (including phenoxy) is 1. The van der Waals surface area contributed by atoms with Crippen LogP contribution in [0, 0.1) is 0 Å². The maximum absolute atomic E-state index is 11.1. The first kappa shape index (κ1) is 12.1. The van der Waals surface area contributed by atoms with Crippen LogP contribution in [0.3, 0.4) is 0 Å². The van der Waals surface area contributed by atoms with Gasteiger partial charge in [-0.15, -0.1) is 0 Å². The first-order chi connectivity index (χ1) is 8.10. The monoisotopic (exact) mass is 233 g/mol. The summed E-state index contributed by atoms with van der Waals surface area (Å²) in [4.78, 5) is 11.1.